The van der Waals surface area contributed by atoms with Crippen LogP contribution in [0.2, 0.25) is 0 Å². The Morgan fingerprint density at radius 2 is 1.86 bits per heavy atom. The number of nitrogens with one attached hydrogen (secondary N) is 3. The Kier molecular flexibility index (Phi) is 9.36. The molecular formula is C29H40N4O3. The van der Waals surface area contributed by atoms with Gasteiger partial charge in [0.05, 0.1) is 12.1 Å². The molecule has 4 N–H and O–H groups in total. The molecule has 1 saturated carbocycles. The molecule has 2 amide bonds. The van der Waals surface area contributed by atoms with E-state index in [0.29, 0.717) is 44.1 Å². The number of hydrogen-bond donors (Lipinski definition) is 4. The summed E-state index contributed by atoms with van der Waals surface area (Å²) in [4.78, 5) is 27.6. The second kappa shape index (κ2) is 12.9. The molecule has 1 heterocycles. The molecule has 2 fully saturated rings. The van der Waals surface area contributed by atoms with Crippen molar-refractivity contribution in [2.75, 3.05) is 29.9 Å². The molecule has 2 aromatic rings. The van der Waals surface area contributed by atoms with E-state index < -0.39 is 12.1 Å². The SMILES string of the molecule is CCNc1cc(C(=O)N[C@@H](Cc2ccccc2)[C@@H](O)CNC2CCCCC2)cc(N2CCCC2=O)c1. The highest BCUT2D eigenvalue weighted by molar-refractivity contribution is 6.00. The second-order valence-corrected chi connectivity index (χ2v) is 10.0. The van der Waals surface area contributed by atoms with E-state index in [-0.39, 0.29) is 11.8 Å². The topological polar surface area (TPSA) is 93.7 Å². The van der Waals surface area contributed by atoms with E-state index in [9.17, 15) is 14.7 Å². The fourth-order valence-corrected chi connectivity index (χ4v) is 5.26. The number of carbonyl (C=O) groups is 2. The first kappa shape index (κ1) is 26.2. The molecule has 0 aromatic heterocycles. The second-order valence-electron chi connectivity index (χ2n) is 10.0. The first-order chi connectivity index (χ1) is 17.5. The predicted molar refractivity (Wildman–Crippen MR) is 144 cm³/mol. The molecule has 1 aliphatic carbocycles. The van der Waals surface area contributed by atoms with Crippen LogP contribution in [-0.4, -0.2) is 54.7 Å². The molecule has 0 spiro atoms. The van der Waals surface area contributed by atoms with Crippen molar-refractivity contribution >= 4 is 23.2 Å². The summed E-state index contributed by atoms with van der Waals surface area (Å²) >= 11 is 0. The lowest BCUT2D eigenvalue weighted by atomic mass is 9.95. The first-order valence-corrected chi connectivity index (χ1v) is 13.5. The third-order valence-electron chi connectivity index (χ3n) is 7.25. The van der Waals surface area contributed by atoms with Crippen LogP contribution in [-0.2, 0) is 11.2 Å². The van der Waals surface area contributed by atoms with Crippen molar-refractivity contribution in [1.29, 1.82) is 0 Å². The van der Waals surface area contributed by atoms with Gasteiger partial charge in [0.2, 0.25) is 5.91 Å². The zero-order chi connectivity index (χ0) is 25.3. The van der Waals surface area contributed by atoms with Crippen LogP contribution in [0.1, 0.15) is 67.8 Å². The number of carbonyl (C=O) groups excluding carboxylic acids is 2. The average Bonchev–Trinajstić information content (AvgIpc) is 3.34. The standard InChI is InChI=1S/C29H40N4O3/c1-2-30-24-17-22(18-25(19-24)33-15-9-14-28(33)35)29(36)32-26(16-21-10-5-3-6-11-21)27(34)20-31-23-12-7-4-8-13-23/h3,5-6,10-11,17-19,23,26-27,30-31,34H,2,4,7-9,12-16,20H2,1H3,(H,32,36)/t26-,27-/m0/s1. The van der Waals surface area contributed by atoms with Crippen molar-refractivity contribution in [3.63, 3.8) is 0 Å². The van der Waals surface area contributed by atoms with Crippen molar-refractivity contribution in [3.05, 3.63) is 59.7 Å². The number of nitrogens with zero attached hydrogens (tertiary/aromatic N) is 1. The van der Waals surface area contributed by atoms with Gasteiger partial charge in [0.1, 0.15) is 0 Å². The third kappa shape index (κ3) is 7.08. The Labute approximate surface area is 214 Å². The minimum atomic E-state index is -0.729. The highest BCUT2D eigenvalue weighted by Gasteiger charge is 2.26. The molecule has 36 heavy (non-hydrogen) atoms. The number of benzene rings is 2. The van der Waals surface area contributed by atoms with Crippen LogP contribution >= 0.6 is 0 Å². The van der Waals surface area contributed by atoms with E-state index in [1.807, 2.05) is 49.4 Å². The Hall–Kier alpha value is -2.90. The van der Waals surface area contributed by atoms with Crippen molar-refractivity contribution in [1.82, 2.24) is 10.6 Å². The molecule has 2 atom stereocenters. The van der Waals surface area contributed by atoms with Gasteiger partial charge in [-0.1, -0.05) is 49.6 Å². The minimum absolute atomic E-state index is 0.0844. The maximum Gasteiger partial charge on any atom is 0.251 e. The predicted octanol–water partition coefficient (Wildman–Crippen LogP) is 3.87. The quantitative estimate of drug-likeness (QED) is 0.382. The molecule has 2 aliphatic rings. The summed E-state index contributed by atoms with van der Waals surface area (Å²) in [6.45, 7) is 3.81. The van der Waals surface area contributed by atoms with Crippen LogP contribution in [0.15, 0.2) is 48.5 Å². The summed E-state index contributed by atoms with van der Waals surface area (Å²) in [7, 11) is 0. The number of amides is 2. The maximum absolute atomic E-state index is 13.5. The summed E-state index contributed by atoms with van der Waals surface area (Å²) in [6, 6.07) is 15.4. The molecule has 0 unspecified atom stereocenters. The lowest BCUT2D eigenvalue weighted by molar-refractivity contribution is -0.117. The van der Waals surface area contributed by atoms with Crippen LogP contribution in [0.25, 0.3) is 0 Å². The van der Waals surface area contributed by atoms with Gasteiger partial charge in [-0.05, 0) is 56.4 Å². The zero-order valence-electron chi connectivity index (χ0n) is 21.3. The van der Waals surface area contributed by atoms with Crippen LogP contribution in [0.3, 0.4) is 0 Å². The Morgan fingerprint density at radius 1 is 1.08 bits per heavy atom. The third-order valence-corrected chi connectivity index (χ3v) is 7.25. The highest BCUT2D eigenvalue weighted by Crippen LogP contribution is 2.27. The van der Waals surface area contributed by atoms with Crippen molar-refractivity contribution in [3.8, 4) is 0 Å². The molecule has 0 radical (unpaired) electrons. The molecule has 7 nitrogen and oxygen atoms in total. The Bertz CT molecular complexity index is 1010. The molecule has 194 valence electrons. The van der Waals surface area contributed by atoms with Gasteiger partial charge < -0.3 is 26.0 Å². The van der Waals surface area contributed by atoms with Crippen molar-refractivity contribution < 1.29 is 14.7 Å². The van der Waals surface area contributed by atoms with Gasteiger partial charge in [-0.15, -0.1) is 0 Å². The Balaban J connectivity index is 1.51. The van der Waals surface area contributed by atoms with E-state index in [1.54, 1.807) is 11.0 Å². The van der Waals surface area contributed by atoms with Gasteiger partial charge in [-0.25, -0.2) is 0 Å². The zero-order valence-corrected chi connectivity index (χ0v) is 21.3. The molecule has 7 heteroatoms. The van der Waals surface area contributed by atoms with Gasteiger partial charge in [0.15, 0.2) is 0 Å². The largest absolute Gasteiger partial charge is 0.390 e. The first-order valence-electron chi connectivity index (χ1n) is 13.5. The minimum Gasteiger partial charge on any atom is -0.390 e. The molecule has 4 rings (SSSR count). The van der Waals surface area contributed by atoms with Gasteiger partial charge in [0, 0.05) is 49.0 Å². The smallest absolute Gasteiger partial charge is 0.251 e. The summed E-state index contributed by atoms with van der Waals surface area (Å²) in [5, 5.41) is 21.1. The molecular weight excluding hydrogens is 452 g/mol. The lowest BCUT2D eigenvalue weighted by Crippen LogP contribution is -2.50. The molecule has 1 saturated heterocycles. The van der Waals surface area contributed by atoms with Crippen LogP contribution < -0.4 is 20.9 Å². The van der Waals surface area contributed by atoms with E-state index in [4.69, 9.17) is 0 Å². The maximum atomic E-state index is 13.5. The fraction of sp³-hybridized carbons (Fsp3) is 0.517. The highest BCUT2D eigenvalue weighted by atomic mass is 16.3. The monoisotopic (exact) mass is 492 g/mol. The molecule has 2 aromatic carbocycles. The van der Waals surface area contributed by atoms with Crippen molar-refractivity contribution in [2.45, 2.75) is 76.5 Å². The number of anilines is 2. The van der Waals surface area contributed by atoms with Crippen molar-refractivity contribution in [2.24, 2.45) is 0 Å². The number of hydrogen-bond acceptors (Lipinski definition) is 5. The molecule has 0 bridgehead atoms. The lowest BCUT2D eigenvalue weighted by Gasteiger charge is -2.28. The molecule has 1 aliphatic heterocycles. The normalized spacial score (nSPS) is 18.2. The van der Waals surface area contributed by atoms with Crippen LogP contribution in [0.5, 0.6) is 0 Å². The summed E-state index contributed by atoms with van der Waals surface area (Å²) in [5.41, 5.74) is 3.08. The average molecular weight is 493 g/mol. The Morgan fingerprint density at radius 3 is 2.56 bits per heavy atom. The summed E-state index contributed by atoms with van der Waals surface area (Å²) < 4.78 is 0. The van der Waals surface area contributed by atoms with Gasteiger partial charge >= 0.3 is 0 Å². The van der Waals surface area contributed by atoms with Crippen LogP contribution in [0, 0.1) is 0 Å². The van der Waals surface area contributed by atoms with Gasteiger partial charge in [0.25, 0.3) is 5.91 Å². The van der Waals surface area contributed by atoms with Gasteiger partial charge in [-0.2, -0.15) is 0 Å². The number of aliphatic hydroxyl groups is 1. The summed E-state index contributed by atoms with van der Waals surface area (Å²) in [6.07, 6.45) is 7.17. The fourth-order valence-electron chi connectivity index (χ4n) is 5.26. The van der Waals surface area contributed by atoms with E-state index in [1.165, 1.54) is 19.3 Å². The van der Waals surface area contributed by atoms with E-state index in [2.05, 4.69) is 16.0 Å². The van der Waals surface area contributed by atoms with E-state index >= 15 is 0 Å². The van der Waals surface area contributed by atoms with E-state index in [0.717, 1.165) is 36.2 Å². The van der Waals surface area contributed by atoms with Gasteiger partial charge in [-0.3, -0.25) is 9.59 Å². The van der Waals surface area contributed by atoms with Crippen LogP contribution in [0.4, 0.5) is 11.4 Å². The number of aliphatic hydroxyl groups excluding tert-OH is 1. The summed E-state index contributed by atoms with van der Waals surface area (Å²) in [5.74, 6) is -0.165. The number of rotatable bonds is 11.